The van der Waals surface area contributed by atoms with E-state index in [9.17, 15) is 17.6 Å². The monoisotopic (exact) mass is 491 g/mol. The van der Waals surface area contributed by atoms with Gasteiger partial charge in [0.1, 0.15) is 22.2 Å². The van der Waals surface area contributed by atoms with Crippen molar-refractivity contribution in [2.75, 3.05) is 0 Å². The van der Waals surface area contributed by atoms with E-state index in [1.165, 1.54) is 18.2 Å². The Bertz CT molecular complexity index is 1380. The molecule has 0 radical (unpaired) electrons. The number of carbonyl (C=O) groups is 1. The summed E-state index contributed by atoms with van der Waals surface area (Å²) in [5, 5.41) is 0. The van der Waals surface area contributed by atoms with Crippen LogP contribution in [0.15, 0.2) is 113 Å². The number of nitrogens with zero attached hydrogens (tertiary/aromatic N) is 1. The summed E-state index contributed by atoms with van der Waals surface area (Å²) in [7, 11) is -4.10. The van der Waals surface area contributed by atoms with E-state index >= 15 is 0 Å². The van der Waals surface area contributed by atoms with Crippen LogP contribution in [0, 0.1) is 5.82 Å². The molecule has 1 heterocycles. The van der Waals surface area contributed by atoms with Crippen molar-refractivity contribution in [2.24, 2.45) is 0 Å². The lowest BCUT2D eigenvalue weighted by atomic mass is 10.2. The Kier molecular flexibility index (Phi) is 7.42. The van der Waals surface area contributed by atoms with Gasteiger partial charge in [-0.3, -0.25) is 4.79 Å². The summed E-state index contributed by atoms with van der Waals surface area (Å²) in [5.41, 5.74) is 1.67. The molecule has 6 nitrogen and oxygen atoms in total. The van der Waals surface area contributed by atoms with Gasteiger partial charge in [-0.05, 0) is 65.7 Å². The highest BCUT2D eigenvalue weighted by Gasteiger charge is 2.18. The van der Waals surface area contributed by atoms with Crippen LogP contribution in [0.25, 0.3) is 6.08 Å². The summed E-state index contributed by atoms with van der Waals surface area (Å²) in [5.74, 6) is -0.00667. The number of hydrogen-bond acceptors (Lipinski definition) is 5. The van der Waals surface area contributed by atoms with Crippen molar-refractivity contribution < 1.29 is 26.2 Å². The molecule has 0 fully saturated rings. The molecule has 0 atom stereocenters. The lowest BCUT2D eigenvalue weighted by Crippen LogP contribution is -2.28. The number of furan rings is 1. The smallest absolute Gasteiger partial charge is 0.339 e. The zero-order valence-electron chi connectivity index (χ0n) is 18.6. The molecule has 0 N–H and O–H groups in total. The third-order valence-electron chi connectivity index (χ3n) is 5.06. The van der Waals surface area contributed by atoms with E-state index in [1.807, 2.05) is 30.3 Å². The minimum absolute atomic E-state index is 0.103. The fraction of sp³-hybridized carbons (Fsp3) is 0.0741. The molecule has 178 valence electrons. The quantitative estimate of drug-likeness (QED) is 0.231. The molecule has 35 heavy (non-hydrogen) atoms. The van der Waals surface area contributed by atoms with E-state index in [0.717, 1.165) is 35.4 Å². The first kappa shape index (κ1) is 24.0. The summed E-state index contributed by atoms with van der Waals surface area (Å²) in [4.78, 5) is 14.4. The molecule has 0 saturated carbocycles. The summed E-state index contributed by atoms with van der Waals surface area (Å²) in [6.07, 6.45) is 4.80. The van der Waals surface area contributed by atoms with Crippen molar-refractivity contribution >= 4 is 22.1 Å². The van der Waals surface area contributed by atoms with Crippen molar-refractivity contribution in [1.82, 2.24) is 4.90 Å². The highest BCUT2D eigenvalue weighted by Crippen LogP contribution is 2.21. The second-order valence-electron chi connectivity index (χ2n) is 7.65. The van der Waals surface area contributed by atoms with Gasteiger partial charge in [0.05, 0.1) is 12.8 Å². The standard InChI is InChI=1S/C27H22FNO5S/c28-23-11-15-26(16-12-23)35(31,32)34-24-13-8-22(9-14-24)19-29(20-25-7-4-18-33-25)27(30)17-10-21-5-2-1-3-6-21/h1-18H,19-20H2. The predicted molar refractivity (Wildman–Crippen MR) is 129 cm³/mol. The molecule has 4 rings (SSSR count). The SMILES string of the molecule is O=C(C=Cc1ccccc1)N(Cc1ccc(OS(=O)(=O)c2ccc(F)cc2)cc1)Cc1ccco1. The van der Waals surface area contributed by atoms with Gasteiger partial charge in [-0.1, -0.05) is 42.5 Å². The van der Waals surface area contributed by atoms with E-state index in [4.69, 9.17) is 8.60 Å². The molecule has 1 amide bonds. The van der Waals surface area contributed by atoms with E-state index < -0.39 is 15.9 Å². The topological polar surface area (TPSA) is 76.8 Å². The van der Waals surface area contributed by atoms with Crippen molar-refractivity contribution in [2.45, 2.75) is 18.0 Å². The maximum atomic E-state index is 13.1. The first-order valence-electron chi connectivity index (χ1n) is 10.7. The molecule has 0 aliphatic heterocycles. The van der Waals surface area contributed by atoms with Gasteiger partial charge in [0, 0.05) is 12.6 Å². The molecule has 1 aromatic heterocycles. The number of rotatable bonds is 9. The van der Waals surface area contributed by atoms with Gasteiger partial charge < -0.3 is 13.5 Å². The molecule has 0 aliphatic carbocycles. The largest absolute Gasteiger partial charge is 0.467 e. The van der Waals surface area contributed by atoms with E-state index in [2.05, 4.69) is 0 Å². The highest BCUT2D eigenvalue weighted by molar-refractivity contribution is 7.87. The Morgan fingerprint density at radius 2 is 1.60 bits per heavy atom. The second-order valence-corrected chi connectivity index (χ2v) is 9.20. The van der Waals surface area contributed by atoms with Gasteiger partial charge in [-0.15, -0.1) is 0 Å². The maximum absolute atomic E-state index is 13.1. The number of carbonyl (C=O) groups excluding carboxylic acids is 1. The number of benzene rings is 3. The van der Waals surface area contributed by atoms with E-state index in [1.54, 1.807) is 41.5 Å². The van der Waals surface area contributed by atoms with Gasteiger partial charge in [0.2, 0.25) is 5.91 Å². The van der Waals surface area contributed by atoms with Crippen LogP contribution in [0.3, 0.4) is 0 Å². The Morgan fingerprint density at radius 3 is 2.26 bits per heavy atom. The van der Waals surface area contributed by atoms with Gasteiger partial charge in [-0.25, -0.2) is 4.39 Å². The van der Waals surface area contributed by atoms with Crippen LogP contribution in [0.1, 0.15) is 16.9 Å². The molecule has 0 unspecified atom stereocenters. The molecule has 0 aliphatic rings. The molecular weight excluding hydrogens is 469 g/mol. The molecule has 4 aromatic rings. The Labute approximate surface area is 203 Å². The first-order valence-corrected chi connectivity index (χ1v) is 12.1. The summed E-state index contributed by atoms with van der Waals surface area (Å²) in [6, 6.07) is 23.8. The molecule has 0 bridgehead atoms. The minimum atomic E-state index is -4.10. The van der Waals surface area contributed by atoms with Crippen LogP contribution in [0.5, 0.6) is 5.75 Å². The average Bonchev–Trinajstić information content (AvgIpc) is 3.37. The summed E-state index contributed by atoms with van der Waals surface area (Å²) in [6.45, 7) is 0.534. The Balaban J connectivity index is 1.47. The average molecular weight is 492 g/mol. The normalized spacial score (nSPS) is 11.5. The van der Waals surface area contributed by atoms with Crippen LogP contribution in [0.2, 0.25) is 0 Å². The molecule has 0 saturated heterocycles. The summed E-state index contributed by atoms with van der Waals surface area (Å²) < 4.78 is 48.5. The van der Waals surface area contributed by atoms with Crippen molar-refractivity contribution in [1.29, 1.82) is 0 Å². The fourth-order valence-corrected chi connectivity index (χ4v) is 4.22. The zero-order chi connectivity index (χ0) is 24.7. The lowest BCUT2D eigenvalue weighted by molar-refractivity contribution is -0.127. The third kappa shape index (κ3) is 6.68. The van der Waals surface area contributed by atoms with Crippen molar-refractivity contribution in [3.63, 3.8) is 0 Å². The Morgan fingerprint density at radius 1 is 0.886 bits per heavy atom. The van der Waals surface area contributed by atoms with Gasteiger partial charge in [-0.2, -0.15) is 8.42 Å². The number of amides is 1. The fourth-order valence-electron chi connectivity index (χ4n) is 3.29. The van der Waals surface area contributed by atoms with E-state index in [-0.39, 0.29) is 29.6 Å². The van der Waals surface area contributed by atoms with Crippen LogP contribution in [0.4, 0.5) is 4.39 Å². The zero-order valence-corrected chi connectivity index (χ0v) is 19.4. The minimum Gasteiger partial charge on any atom is -0.467 e. The molecule has 0 spiro atoms. The molecule has 3 aromatic carbocycles. The highest BCUT2D eigenvalue weighted by atomic mass is 32.2. The Hall–Kier alpha value is -4.17. The van der Waals surface area contributed by atoms with E-state index in [0.29, 0.717) is 5.76 Å². The van der Waals surface area contributed by atoms with Gasteiger partial charge in [0.25, 0.3) is 0 Å². The maximum Gasteiger partial charge on any atom is 0.339 e. The lowest BCUT2D eigenvalue weighted by Gasteiger charge is -2.20. The van der Waals surface area contributed by atoms with Gasteiger partial charge in [0.15, 0.2) is 0 Å². The van der Waals surface area contributed by atoms with Gasteiger partial charge >= 0.3 is 10.1 Å². The van der Waals surface area contributed by atoms with Crippen LogP contribution in [-0.2, 0) is 28.0 Å². The van der Waals surface area contributed by atoms with Crippen LogP contribution in [-0.4, -0.2) is 19.2 Å². The summed E-state index contributed by atoms with van der Waals surface area (Å²) >= 11 is 0. The third-order valence-corrected chi connectivity index (χ3v) is 6.32. The van der Waals surface area contributed by atoms with Crippen LogP contribution >= 0.6 is 0 Å². The predicted octanol–water partition coefficient (Wildman–Crippen LogP) is 5.43. The van der Waals surface area contributed by atoms with Crippen LogP contribution < -0.4 is 4.18 Å². The molecular formula is C27H22FNO5S. The second kappa shape index (κ2) is 10.8. The number of hydrogen-bond donors (Lipinski definition) is 0. The van der Waals surface area contributed by atoms with Crippen molar-refractivity contribution in [3.05, 3.63) is 126 Å². The first-order chi connectivity index (χ1) is 16.9. The molecule has 8 heteroatoms. The van der Waals surface area contributed by atoms with Crippen molar-refractivity contribution in [3.8, 4) is 5.75 Å². The number of halogens is 1.